The molecule has 94 valence electrons. The van der Waals surface area contributed by atoms with Gasteiger partial charge < -0.3 is 15.8 Å². The number of carbonyl (C=O) groups excluding carboxylic acids is 1. The Morgan fingerprint density at radius 1 is 1.59 bits per heavy atom. The topological polar surface area (TPSA) is 90.1 Å². The summed E-state index contributed by atoms with van der Waals surface area (Å²) >= 11 is 0. The lowest BCUT2D eigenvalue weighted by Crippen LogP contribution is -2.34. The van der Waals surface area contributed by atoms with Crippen LogP contribution in [0.2, 0.25) is 0 Å². The highest BCUT2D eigenvalue weighted by molar-refractivity contribution is 5.85. The Hall–Kier alpha value is -1.69. The SMILES string of the molecule is COC(=O)c1nccc(NC(CN)C(C)C)n1. The van der Waals surface area contributed by atoms with Gasteiger partial charge in [0.05, 0.1) is 7.11 Å². The Labute approximate surface area is 101 Å². The van der Waals surface area contributed by atoms with Crippen LogP contribution in [-0.2, 0) is 4.74 Å². The van der Waals surface area contributed by atoms with E-state index in [0.717, 1.165) is 0 Å². The third-order valence-electron chi connectivity index (χ3n) is 2.42. The summed E-state index contributed by atoms with van der Waals surface area (Å²) in [7, 11) is 1.29. The molecule has 6 heteroatoms. The van der Waals surface area contributed by atoms with Crippen LogP contribution in [0.3, 0.4) is 0 Å². The van der Waals surface area contributed by atoms with Crippen molar-refractivity contribution in [1.29, 1.82) is 0 Å². The number of nitrogens with zero attached hydrogens (tertiary/aromatic N) is 2. The molecule has 0 spiro atoms. The van der Waals surface area contributed by atoms with Crippen molar-refractivity contribution >= 4 is 11.8 Å². The van der Waals surface area contributed by atoms with Gasteiger partial charge in [-0.15, -0.1) is 0 Å². The Balaban J connectivity index is 2.81. The van der Waals surface area contributed by atoms with Crippen LogP contribution < -0.4 is 11.1 Å². The van der Waals surface area contributed by atoms with Crippen molar-refractivity contribution in [3.63, 3.8) is 0 Å². The molecule has 0 fully saturated rings. The molecule has 0 bridgehead atoms. The maximum Gasteiger partial charge on any atom is 0.376 e. The molecule has 1 heterocycles. The van der Waals surface area contributed by atoms with E-state index < -0.39 is 5.97 Å². The summed E-state index contributed by atoms with van der Waals surface area (Å²) in [5.41, 5.74) is 5.65. The fraction of sp³-hybridized carbons (Fsp3) is 0.545. The van der Waals surface area contributed by atoms with Crippen LogP contribution >= 0.6 is 0 Å². The molecule has 0 aliphatic heterocycles. The summed E-state index contributed by atoms with van der Waals surface area (Å²) in [6, 6.07) is 1.80. The number of esters is 1. The van der Waals surface area contributed by atoms with Crippen molar-refractivity contribution in [3.05, 3.63) is 18.1 Å². The fourth-order valence-electron chi connectivity index (χ4n) is 1.32. The zero-order valence-electron chi connectivity index (χ0n) is 10.3. The van der Waals surface area contributed by atoms with Crippen molar-refractivity contribution in [2.75, 3.05) is 19.0 Å². The molecule has 1 rings (SSSR count). The molecule has 0 saturated carbocycles. The van der Waals surface area contributed by atoms with Crippen LogP contribution in [0, 0.1) is 5.92 Å². The minimum atomic E-state index is -0.553. The zero-order chi connectivity index (χ0) is 12.8. The van der Waals surface area contributed by atoms with E-state index in [-0.39, 0.29) is 11.9 Å². The molecule has 1 unspecified atom stereocenters. The van der Waals surface area contributed by atoms with Crippen molar-refractivity contribution in [2.45, 2.75) is 19.9 Å². The molecule has 0 amide bonds. The molecule has 3 N–H and O–H groups in total. The summed E-state index contributed by atoms with van der Waals surface area (Å²) in [5.74, 6) is 0.431. The molecule has 1 aromatic heterocycles. The minimum Gasteiger partial charge on any atom is -0.463 e. The molecule has 17 heavy (non-hydrogen) atoms. The predicted molar refractivity (Wildman–Crippen MR) is 64.7 cm³/mol. The average Bonchev–Trinajstić information content (AvgIpc) is 2.34. The van der Waals surface area contributed by atoms with E-state index in [1.807, 2.05) is 0 Å². The monoisotopic (exact) mass is 238 g/mol. The van der Waals surface area contributed by atoms with Crippen LogP contribution in [0.15, 0.2) is 12.3 Å². The lowest BCUT2D eigenvalue weighted by atomic mass is 10.1. The highest BCUT2D eigenvalue weighted by atomic mass is 16.5. The van der Waals surface area contributed by atoms with E-state index in [1.165, 1.54) is 13.3 Å². The van der Waals surface area contributed by atoms with Crippen molar-refractivity contribution in [1.82, 2.24) is 9.97 Å². The lowest BCUT2D eigenvalue weighted by molar-refractivity contribution is 0.0587. The van der Waals surface area contributed by atoms with Gasteiger partial charge in [0.2, 0.25) is 5.82 Å². The van der Waals surface area contributed by atoms with Gasteiger partial charge in [-0.05, 0) is 12.0 Å². The number of ether oxygens (including phenoxy) is 1. The highest BCUT2D eigenvalue weighted by Crippen LogP contribution is 2.09. The van der Waals surface area contributed by atoms with Gasteiger partial charge in [-0.1, -0.05) is 13.8 Å². The summed E-state index contributed by atoms with van der Waals surface area (Å²) in [6.07, 6.45) is 1.51. The van der Waals surface area contributed by atoms with Gasteiger partial charge in [0.1, 0.15) is 5.82 Å². The van der Waals surface area contributed by atoms with Crippen LogP contribution in [0.25, 0.3) is 0 Å². The highest BCUT2D eigenvalue weighted by Gasteiger charge is 2.14. The van der Waals surface area contributed by atoms with Gasteiger partial charge in [0.15, 0.2) is 0 Å². The first kappa shape index (κ1) is 13.4. The molecule has 6 nitrogen and oxygen atoms in total. The number of nitrogens with one attached hydrogen (secondary N) is 1. The molecule has 0 radical (unpaired) electrons. The number of hydrogen-bond acceptors (Lipinski definition) is 6. The molecule has 0 aromatic carbocycles. The van der Waals surface area contributed by atoms with Gasteiger partial charge in [-0.25, -0.2) is 14.8 Å². The summed E-state index contributed by atoms with van der Waals surface area (Å²) in [6.45, 7) is 4.62. The van der Waals surface area contributed by atoms with Crippen molar-refractivity contribution < 1.29 is 9.53 Å². The van der Waals surface area contributed by atoms with Crippen LogP contribution in [0.4, 0.5) is 5.82 Å². The number of methoxy groups -OCH3 is 1. The second-order valence-corrected chi connectivity index (χ2v) is 3.99. The third kappa shape index (κ3) is 3.67. The second kappa shape index (κ2) is 6.15. The van der Waals surface area contributed by atoms with E-state index >= 15 is 0 Å². The molecule has 0 saturated heterocycles. The summed E-state index contributed by atoms with van der Waals surface area (Å²) < 4.78 is 4.55. The number of carbonyl (C=O) groups is 1. The first-order valence-electron chi connectivity index (χ1n) is 5.46. The predicted octanol–water partition coefficient (Wildman–Crippen LogP) is 0.658. The molecule has 0 aliphatic rings. The van der Waals surface area contributed by atoms with E-state index in [1.54, 1.807) is 6.07 Å². The van der Waals surface area contributed by atoms with Crippen molar-refractivity contribution in [3.8, 4) is 0 Å². The standard InChI is InChI=1S/C11H18N4O2/c1-7(2)8(6-12)14-9-4-5-13-10(15-9)11(16)17-3/h4-5,7-8H,6,12H2,1-3H3,(H,13,14,15). The molecular formula is C11H18N4O2. The summed E-state index contributed by atoms with van der Waals surface area (Å²) in [4.78, 5) is 19.1. The Morgan fingerprint density at radius 2 is 2.29 bits per heavy atom. The fourth-order valence-corrected chi connectivity index (χ4v) is 1.32. The first-order chi connectivity index (χ1) is 8.08. The van der Waals surface area contributed by atoms with Gasteiger partial charge in [0, 0.05) is 18.8 Å². The quantitative estimate of drug-likeness (QED) is 0.732. The lowest BCUT2D eigenvalue weighted by Gasteiger charge is -2.20. The van der Waals surface area contributed by atoms with Crippen LogP contribution in [0.5, 0.6) is 0 Å². The second-order valence-electron chi connectivity index (χ2n) is 3.99. The van der Waals surface area contributed by atoms with Crippen LogP contribution in [0.1, 0.15) is 24.5 Å². The molecule has 0 aliphatic carbocycles. The Morgan fingerprint density at radius 3 is 2.82 bits per heavy atom. The molecule has 1 atom stereocenters. The minimum absolute atomic E-state index is 0.0389. The first-order valence-corrected chi connectivity index (χ1v) is 5.46. The summed E-state index contributed by atoms with van der Waals surface area (Å²) in [5, 5.41) is 3.16. The maximum atomic E-state index is 11.3. The third-order valence-corrected chi connectivity index (χ3v) is 2.42. The van der Waals surface area contributed by atoms with E-state index in [4.69, 9.17) is 5.73 Å². The van der Waals surface area contributed by atoms with Gasteiger partial charge in [-0.3, -0.25) is 0 Å². The van der Waals surface area contributed by atoms with E-state index in [2.05, 4.69) is 33.9 Å². The van der Waals surface area contributed by atoms with Gasteiger partial charge in [0.25, 0.3) is 0 Å². The molecular weight excluding hydrogens is 220 g/mol. The van der Waals surface area contributed by atoms with Gasteiger partial charge in [-0.2, -0.15) is 0 Å². The number of anilines is 1. The Bertz CT molecular complexity index is 381. The Kier molecular flexibility index (Phi) is 4.84. The zero-order valence-corrected chi connectivity index (χ0v) is 10.3. The van der Waals surface area contributed by atoms with E-state index in [9.17, 15) is 4.79 Å². The normalized spacial score (nSPS) is 12.3. The smallest absolute Gasteiger partial charge is 0.376 e. The van der Waals surface area contributed by atoms with Gasteiger partial charge >= 0.3 is 5.97 Å². The van der Waals surface area contributed by atoms with Crippen LogP contribution in [-0.4, -0.2) is 35.6 Å². The average molecular weight is 238 g/mol. The number of aromatic nitrogens is 2. The van der Waals surface area contributed by atoms with Crippen molar-refractivity contribution in [2.24, 2.45) is 11.7 Å². The van der Waals surface area contributed by atoms with E-state index in [0.29, 0.717) is 18.3 Å². The largest absolute Gasteiger partial charge is 0.463 e. The number of nitrogens with two attached hydrogens (primary N) is 1. The molecule has 1 aromatic rings. The maximum absolute atomic E-state index is 11.3. The number of rotatable bonds is 5. The number of hydrogen-bond donors (Lipinski definition) is 2.